The first-order valence-electron chi connectivity index (χ1n) is 8.25. The molecule has 1 fully saturated rings. The van der Waals surface area contributed by atoms with Crippen LogP contribution in [0.4, 0.5) is 0 Å². The maximum atomic E-state index is 5.32. The van der Waals surface area contributed by atoms with Gasteiger partial charge in [-0.15, -0.1) is 0 Å². The van der Waals surface area contributed by atoms with Crippen molar-refractivity contribution in [1.29, 1.82) is 0 Å². The van der Waals surface area contributed by atoms with Crippen LogP contribution < -0.4 is 5.32 Å². The lowest BCUT2D eigenvalue weighted by atomic mass is 9.87. The van der Waals surface area contributed by atoms with E-state index in [-0.39, 0.29) is 5.54 Å². The minimum atomic E-state index is 0.279. The molecular weight excluding hydrogens is 260 g/mol. The Bertz CT molecular complexity index is 403. The van der Waals surface area contributed by atoms with Gasteiger partial charge in [-0.05, 0) is 24.8 Å². The fraction of sp³-hybridized carbons (Fsp3) is 0.667. The van der Waals surface area contributed by atoms with Gasteiger partial charge in [0.1, 0.15) is 0 Å². The second-order valence-electron chi connectivity index (χ2n) is 6.18. The molecule has 0 amide bonds. The van der Waals surface area contributed by atoms with Gasteiger partial charge >= 0.3 is 0 Å². The number of benzene rings is 1. The largest absolute Gasteiger partial charge is 0.383 e. The summed E-state index contributed by atoms with van der Waals surface area (Å²) in [5.74, 6) is 0. The number of hydrogen-bond acceptors (Lipinski definition) is 3. The third-order valence-corrected chi connectivity index (χ3v) is 4.99. The van der Waals surface area contributed by atoms with Crippen LogP contribution in [-0.2, 0) is 11.2 Å². The van der Waals surface area contributed by atoms with Crippen LogP contribution in [0.25, 0.3) is 0 Å². The lowest BCUT2D eigenvalue weighted by Gasteiger charge is -2.47. The number of rotatable bonds is 7. The number of ether oxygens (including phenoxy) is 1. The van der Waals surface area contributed by atoms with Crippen molar-refractivity contribution in [2.24, 2.45) is 0 Å². The fourth-order valence-electron chi connectivity index (χ4n) is 3.32. The number of nitrogens with zero attached hydrogens (tertiary/aromatic N) is 1. The van der Waals surface area contributed by atoms with E-state index in [0.29, 0.717) is 6.04 Å². The van der Waals surface area contributed by atoms with Crippen molar-refractivity contribution in [2.45, 2.75) is 44.7 Å². The number of hydrogen-bond donors (Lipinski definition) is 1. The van der Waals surface area contributed by atoms with Crippen LogP contribution in [0, 0.1) is 0 Å². The topological polar surface area (TPSA) is 24.5 Å². The minimum absolute atomic E-state index is 0.279. The van der Waals surface area contributed by atoms with Gasteiger partial charge in [0, 0.05) is 38.3 Å². The van der Waals surface area contributed by atoms with Crippen molar-refractivity contribution in [1.82, 2.24) is 10.2 Å². The highest BCUT2D eigenvalue weighted by Gasteiger charge is 2.36. The fourth-order valence-corrected chi connectivity index (χ4v) is 3.32. The summed E-state index contributed by atoms with van der Waals surface area (Å²) < 4.78 is 5.32. The molecule has 118 valence electrons. The third-order valence-electron chi connectivity index (χ3n) is 4.99. The Morgan fingerprint density at radius 3 is 2.57 bits per heavy atom. The van der Waals surface area contributed by atoms with Crippen molar-refractivity contribution >= 4 is 0 Å². The molecule has 0 spiro atoms. The van der Waals surface area contributed by atoms with Gasteiger partial charge in [0.05, 0.1) is 6.61 Å². The first-order chi connectivity index (χ1) is 10.2. The van der Waals surface area contributed by atoms with Crippen molar-refractivity contribution in [3.05, 3.63) is 35.9 Å². The summed E-state index contributed by atoms with van der Waals surface area (Å²) >= 11 is 0. The molecule has 0 aliphatic carbocycles. The van der Waals surface area contributed by atoms with E-state index in [2.05, 4.69) is 54.4 Å². The van der Waals surface area contributed by atoms with E-state index in [4.69, 9.17) is 4.74 Å². The molecule has 0 radical (unpaired) electrons. The molecule has 1 aliphatic heterocycles. The normalized spacial score (nSPS) is 22.3. The second kappa shape index (κ2) is 7.92. The van der Waals surface area contributed by atoms with Gasteiger partial charge < -0.3 is 10.1 Å². The Hall–Kier alpha value is -0.900. The summed E-state index contributed by atoms with van der Waals surface area (Å²) in [5.41, 5.74) is 1.70. The SMILES string of the molecule is CCC1(CC)CN(CCOC)C(Cc2ccccc2)CN1. The smallest absolute Gasteiger partial charge is 0.0589 e. The number of methoxy groups -OCH3 is 1. The lowest BCUT2D eigenvalue weighted by molar-refractivity contribution is 0.0487. The molecule has 1 N–H and O–H groups in total. The van der Waals surface area contributed by atoms with Crippen molar-refractivity contribution in [2.75, 3.05) is 33.4 Å². The summed E-state index contributed by atoms with van der Waals surface area (Å²) in [5, 5.41) is 3.83. The van der Waals surface area contributed by atoms with Crippen LogP contribution in [0.1, 0.15) is 32.3 Å². The Labute approximate surface area is 129 Å². The van der Waals surface area contributed by atoms with Crippen molar-refractivity contribution in [3.8, 4) is 0 Å². The zero-order valence-electron chi connectivity index (χ0n) is 13.8. The third kappa shape index (κ3) is 4.29. The van der Waals surface area contributed by atoms with Gasteiger partial charge in [-0.3, -0.25) is 4.90 Å². The molecule has 1 saturated heterocycles. The van der Waals surface area contributed by atoms with Crippen LogP contribution in [0.3, 0.4) is 0 Å². The summed E-state index contributed by atoms with van der Waals surface area (Å²) in [6.45, 7) is 8.62. The van der Waals surface area contributed by atoms with E-state index in [9.17, 15) is 0 Å². The van der Waals surface area contributed by atoms with E-state index in [1.165, 1.54) is 18.4 Å². The highest BCUT2D eigenvalue weighted by Crippen LogP contribution is 2.24. The van der Waals surface area contributed by atoms with Crippen LogP contribution in [0.5, 0.6) is 0 Å². The monoisotopic (exact) mass is 290 g/mol. The lowest BCUT2D eigenvalue weighted by Crippen LogP contribution is -2.64. The van der Waals surface area contributed by atoms with Crippen molar-refractivity contribution < 1.29 is 4.74 Å². The summed E-state index contributed by atoms with van der Waals surface area (Å²) in [6, 6.07) is 11.4. The van der Waals surface area contributed by atoms with Crippen molar-refractivity contribution in [3.63, 3.8) is 0 Å². The molecular formula is C18H30N2O. The van der Waals surface area contributed by atoms with E-state index in [1.54, 1.807) is 7.11 Å². The average molecular weight is 290 g/mol. The van der Waals surface area contributed by atoms with Gasteiger partial charge in [0.2, 0.25) is 0 Å². The molecule has 21 heavy (non-hydrogen) atoms. The second-order valence-corrected chi connectivity index (χ2v) is 6.18. The predicted molar refractivity (Wildman–Crippen MR) is 88.7 cm³/mol. The van der Waals surface area contributed by atoms with Crippen LogP contribution in [0.15, 0.2) is 30.3 Å². The van der Waals surface area contributed by atoms with Crippen LogP contribution in [0.2, 0.25) is 0 Å². The number of nitrogens with one attached hydrogen (secondary N) is 1. The van der Waals surface area contributed by atoms with E-state index >= 15 is 0 Å². The molecule has 0 aromatic heterocycles. The molecule has 0 saturated carbocycles. The molecule has 1 aromatic carbocycles. The Morgan fingerprint density at radius 1 is 1.24 bits per heavy atom. The molecule has 1 unspecified atom stereocenters. The minimum Gasteiger partial charge on any atom is -0.383 e. The predicted octanol–water partition coefficient (Wildman–Crippen LogP) is 2.71. The highest BCUT2D eigenvalue weighted by atomic mass is 16.5. The summed E-state index contributed by atoms with van der Waals surface area (Å²) in [4.78, 5) is 2.62. The molecule has 3 nitrogen and oxygen atoms in total. The maximum absolute atomic E-state index is 5.32. The standard InChI is InChI=1S/C18H30N2O/c1-4-18(5-2)15-20(11-12-21-3)17(14-19-18)13-16-9-7-6-8-10-16/h6-10,17,19H,4-5,11-15H2,1-3H3. The Balaban J connectivity index is 2.05. The number of piperazine rings is 1. The highest BCUT2D eigenvalue weighted by molar-refractivity contribution is 5.16. The molecule has 0 bridgehead atoms. The van der Waals surface area contributed by atoms with Gasteiger partial charge in [0.25, 0.3) is 0 Å². The Morgan fingerprint density at radius 2 is 1.95 bits per heavy atom. The van der Waals surface area contributed by atoms with Gasteiger partial charge in [-0.2, -0.15) is 0 Å². The molecule has 1 atom stereocenters. The summed E-state index contributed by atoms with van der Waals surface area (Å²) in [6.07, 6.45) is 3.48. The van der Waals surface area contributed by atoms with Gasteiger partial charge in [-0.25, -0.2) is 0 Å². The van der Waals surface area contributed by atoms with E-state index in [0.717, 1.165) is 32.7 Å². The maximum Gasteiger partial charge on any atom is 0.0589 e. The first-order valence-corrected chi connectivity index (χ1v) is 8.25. The quantitative estimate of drug-likeness (QED) is 0.835. The molecule has 1 heterocycles. The van der Waals surface area contributed by atoms with Crippen LogP contribution >= 0.6 is 0 Å². The molecule has 2 rings (SSSR count). The average Bonchev–Trinajstić information content (AvgIpc) is 2.55. The Kier molecular flexibility index (Phi) is 6.22. The van der Waals surface area contributed by atoms with E-state index < -0.39 is 0 Å². The van der Waals surface area contributed by atoms with E-state index in [1.807, 2.05) is 0 Å². The molecule has 3 heteroatoms. The van der Waals surface area contributed by atoms with Crippen LogP contribution in [-0.4, -0.2) is 49.8 Å². The molecule has 1 aromatic rings. The van der Waals surface area contributed by atoms with Gasteiger partial charge in [0.15, 0.2) is 0 Å². The zero-order chi connectivity index (χ0) is 15.1. The molecule has 1 aliphatic rings. The first kappa shape index (κ1) is 16.5. The van der Waals surface area contributed by atoms with Gasteiger partial charge in [-0.1, -0.05) is 44.2 Å². The summed E-state index contributed by atoms with van der Waals surface area (Å²) in [7, 11) is 1.79. The zero-order valence-corrected chi connectivity index (χ0v) is 13.8.